The summed E-state index contributed by atoms with van der Waals surface area (Å²) in [5.41, 5.74) is 0. The largest absolute Gasteiger partial charge is 0.469 e. The summed E-state index contributed by atoms with van der Waals surface area (Å²) in [6.07, 6.45) is 3.35. The first kappa shape index (κ1) is 17.4. The van der Waals surface area contributed by atoms with Crippen LogP contribution in [0.4, 0.5) is 0 Å². The highest BCUT2D eigenvalue weighted by Gasteiger charge is 2.31. The molecule has 2 unspecified atom stereocenters. The number of aliphatic hydroxyl groups excluding tert-OH is 1. The Bertz CT molecular complexity index is 407. The summed E-state index contributed by atoms with van der Waals surface area (Å²) >= 11 is 0. The maximum absolute atomic E-state index is 12.4. The normalized spacial score (nSPS) is 23.1. The molecule has 0 saturated carbocycles. The molecule has 0 aliphatic carbocycles. The predicted molar refractivity (Wildman–Crippen MR) is 75.7 cm³/mol. The van der Waals surface area contributed by atoms with Gasteiger partial charge in [-0.1, -0.05) is 12.8 Å². The summed E-state index contributed by atoms with van der Waals surface area (Å²) in [5.74, 6) is -0.744. The molecule has 0 aromatic carbocycles. The first-order valence-corrected chi connectivity index (χ1v) is 8.72. The molecule has 1 heterocycles. The SMILES string of the molecule is COC(=O)CCS(=O)(=O)N1CCCCCC1CC(C)O. The summed E-state index contributed by atoms with van der Waals surface area (Å²) in [7, 11) is -2.24. The number of nitrogens with zero attached hydrogens (tertiary/aromatic N) is 1. The number of aliphatic hydroxyl groups is 1. The standard InChI is InChI=1S/C13H25NO5S/c1-11(15)10-12-6-4-3-5-8-14(12)20(17,18)9-7-13(16)19-2/h11-12,15H,3-10H2,1-2H3. The van der Waals surface area contributed by atoms with E-state index in [2.05, 4.69) is 4.74 Å². The summed E-state index contributed by atoms with van der Waals surface area (Å²) < 4.78 is 30.7. The van der Waals surface area contributed by atoms with Gasteiger partial charge in [0.2, 0.25) is 10.0 Å². The van der Waals surface area contributed by atoms with Crippen LogP contribution in [0.1, 0.15) is 45.4 Å². The molecule has 0 radical (unpaired) electrons. The fourth-order valence-electron chi connectivity index (χ4n) is 2.58. The molecule has 1 fully saturated rings. The van der Waals surface area contributed by atoms with Crippen LogP contribution < -0.4 is 0 Å². The van der Waals surface area contributed by atoms with E-state index in [4.69, 9.17) is 0 Å². The molecule has 1 aliphatic heterocycles. The van der Waals surface area contributed by atoms with Crippen LogP contribution in [0.5, 0.6) is 0 Å². The van der Waals surface area contributed by atoms with Crippen LogP contribution in [0.15, 0.2) is 0 Å². The zero-order valence-corrected chi connectivity index (χ0v) is 13.1. The van der Waals surface area contributed by atoms with Gasteiger partial charge in [-0.05, 0) is 26.2 Å². The van der Waals surface area contributed by atoms with Crippen LogP contribution >= 0.6 is 0 Å². The van der Waals surface area contributed by atoms with Crippen molar-refractivity contribution in [3.8, 4) is 0 Å². The first-order chi connectivity index (χ1) is 9.36. The molecule has 2 atom stereocenters. The van der Waals surface area contributed by atoms with Crippen molar-refractivity contribution in [1.82, 2.24) is 4.31 Å². The van der Waals surface area contributed by atoms with E-state index in [1.165, 1.54) is 11.4 Å². The number of hydrogen-bond acceptors (Lipinski definition) is 5. The van der Waals surface area contributed by atoms with E-state index in [0.717, 1.165) is 25.7 Å². The van der Waals surface area contributed by atoms with Crippen molar-refractivity contribution >= 4 is 16.0 Å². The third-order valence-electron chi connectivity index (χ3n) is 3.59. The Morgan fingerprint density at radius 2 is 2.10 bits per heavy atom. The molecule has 1 aliphatic rings. The van der Waals surface area contributed by atoms with Gasteiger partial charge in [0.15, 0.2) is 0 Å². The molecular weight excluding hydrogens is 282 g/mol. The number of esters is 1. The van der Waals surface area contributed by atoms with Gasteiger partial charge in [-0.15, -0.1) is 0 Å². The van der Waals surface area contributed by atoms with E-state index in [1.54, 1.807) is 6.92 Å². The summed E-state index contributed by atoms with van der Waals surface area (Å²) in [6.45, 7) is 2.14. The van der Waals surface area contributed by atoms with Crippen LogP contribution in [-0.2, 0) is 19.6 Å². The van der Waals surface area contributed by atoms with Gasteiger partial charge in [0.25, 0.3) is 0 Å². The number of sulfonamides is 1. The van der Waals surface area contributed by atoms with Crippen molar-refractivity contribution in [1.29, 1.82) is 0 Å². The fraction of sp³-hybridized carbons (Fsp3) is 0.923. The van der Waals surface area contributed by atoms with E-state index in [1.807, 2.05) is 0 Å². The lowest BCUT2D eigenvalue weighted by Gasteiger charge is -2.29. The molecule has 0 amide bonds. The molecule has 7 heteroatoms. The molecule has 1 N–H and O–H groups in total. The van der Waals surface area contributed by atoms with Crippen LogP contribution in [0.3, 0.4) is 0 Å². The zero-order chi connectivity index (χ0) is 15.2. The minimum absolute atomic E-state index is 0.128. The highest BCUT2D eigenvalue weighted by atomic mass is 32.2. The Morgan fingerprint density at radius 1 is 1.40 bits per heavy atom. The smallest absolute Gasteiger partial charge is 0.306 e. The third-order valence-corrected chi connectivity index (χ3v) is 5.50. The Hall–Kier alpha value is -0.660. The van der Waals surface area contributed by atoms with Crippen molar-refractivity contribution in [3.63, 3.8) is 0 Å². The van der Waals surface area contributed by atoms with E-state index >= 15 is 0 Å². The van der Waals surface area contributed by atoms with Crippen LogP contribution in [0, 0.1) is 0 Å². The van der Waals surface area contributed by atoms with Gasteiger partial charge in [0, 0.05) is 12.6 Å². The Labute approximate surface area is 121 Å². The summed E-state index contributed by atoms with van der Waals surface area (Å²) in [4.78, 5) is 11.1. The molecule has 6 nitrogen and oxygen atoms in total. The molecule has 20 heavy (non-hydrogen) atoms. The quantitative estimate of drug-likeness (QED) is 0.737. The summed E-state index contributed by atoms with van der Waals surface area (Å²) in [5, 5.41) is 9.54. The molecule has 0 aromatic rings. The van der Waals surface area contributed by atoms with Gasteiger partial charge < -0.3 is 9.84 Å². The molecular formula is C13H25NO5S. The van der Waals surface area contributed by atoms with Crippen molar-refractivity contribution in [2.24, 2.45) is 0 Å². The molecule has 0 aromatic heterocycles. The number of carbonyl (C=O) groups excluding carboxylic acids is 1. The van der Waals surface area contributed by atoms with E-state index in [-0.39, 0.29) is 18.2 Å². The fourth-order valence-corrected chi connectivity index (χ4v) is 4.29. The molecule has 1 rings (SSSR count). The van der Waals surface area contributed by atoms with Gasteiger partial charge in [-0.25, -0.2) is 8.42 Å². The second-order valence-corrected chi connectivity index (χ2v) is 7.38. The highest BCUT2D eigenvalue weighted by molar-refractivity contribution is 7.89. The predicted octanol–water partition coefficient (Wildman–Crippen LogP) is 0.895. The van der Waals surface area contributed by atoms with Gasteiger partial charge in [-0.2, -0.15) is 4.31 Å². The molecule has 1 saturated heterocycles. The van der Waals surface area contributed by atoms with Gasteiger partial charge in [0.05, 0.1) is 25.4 Å². The zero-order valence-electron chi connectivity index (χ0n) is 12.2. The van der Waals surface area contributed by atoms with Crippen LogP contribution in [0.2, 0.25) is 0 Å². The third kappa shape index (κ3) is 5.38. The molecule has 0 spiro atoms. The Kier molecular flexibility index (Phi) is 6.91. The van der Waals surface area contributed by atoms with Crippen molar-refractivity contribution in [3.05, 3.63) is 0 Å². The second kappa shape index (κ2) is 7.95. The van der Waals surface area contributed by atoms with Gasteiger partial charge in [0.1, 0.15) is 0 Å². The van der Waals surface area contributed by atoms with Crippen LogP contribution in [0.25, 0.3) is 0 Å². The van der Waals surface area contributed by atoms with Crippen LogP contribution in [-0.4, -0.2) is 55.4 Å². The second-order valence-electron chi connectivity index (χ2n) is 5.34. The maximum Gasteiger partial charge on any atom is 0.306 e. The monoisotopic (exact) mass is 307 g/mol. The summed E-state index contributed by atoms with van der Waals surface area (Å²) in [6, 6.07) is -0.167. The van der Waals surface area contributed by atoms with Crippen molar-refractivity contribution in [2.45, 2.75) is 57.6 Å². The van der Waals surface area contributed by atoms with Crippen molar-refractivity contribution < 1.29 is 23.1 Å². The lowest BCUT2D eigenvalue weighted by atomic mass is 10.1. The van der Waals surface area contributed by atoms with E-state index < -0.39 is 22.1 Å². The topological polar surface area (TPSA) is 83.9 Å². The minimum atomic E-state index is -3.49. The number of rotatable bonds is 6. The highest BCUT2D eigenvalue weighted by Crippen LogP contribution is 2.24. The number of carbonyl (C=O) groups is 1. The number of methoxy groups -OCH3 is 1. The minimum Gasteiger partial charge on any atom is -0.469 e. The number of ether oxygens (including phenoxy) is 1. The molecule has 118 valence electrons. The van der Waals surface area contributed by atoms with E-state index in [9.17, 15) is 18.3 Å². The number of hydrogen-bond donors (Lipinski definition) is 1. The molecule has 0 bridgehead atoms. The average molecular weight is 307 g/mol. The lowest BCUT2D eigenvalue weighted by Crippen LogP contribution is -2.43. The van der Waals surface area contributed by atoms with Gasteiger partial charge >= 0.3 is 5.97 Å². The first-order valence-electron chi connectivity index (χ1n) is 7.11. The van der Waals surface area contributed by atoms with Gasteiger partial charge in [-0.3, -0.25) is 4.79 Å². The van der Waals surface area contributed by atoms with E-state index in [0.29, 0.717) is 13.0 Å². The van der Waals surface area contributed by atoms with Crippen molar-refractivity contribution in [2.75, 3.05) is 19.4 Å². The maximum atomic E-state index is 12.4. The average Bonchev–Trinajstić information content (AvgIpc) is 2.61. The Morgan fingerprint density at radius 3 is 2.70 bits per heavy atom. The lowest BCUT2D eigenvalue weighted by molar-refractivity contribution is -0.140. The Balaban J connectivity index is 2.77.